The number of rotatable bonds is 3. The maximum absolute atomic E-state index is 12.7. The minimum Gasteiger partial charge on any atom is -0.278 e. The van der Waals surface area contributed by atoms with Crippen LogP contribution in [0.5, 0.6) is 0 Å². The maximum Gasteiger partial charge on any atom is 0.261 e. The smallest absolute Gasteiger partial charge is 0.261 e. The third-order valence-electron chi connectivity index (χ3n) is 4.22. The summed E-state index contributed by atoms with van der Waals surface area (Å²) in [6.07, 6.45) is 6.01. The first kappa shape index (κ1) is 15.0. The Hall–Kier alpha value is -1.88. The fourth-order valence-electron chi connectivity index (χ4n) is 2.92. The summed E-state index contributed by atoms with van der Waals surface area (Å²) in [7, 11) is -3.58. The molecule has 1 heterocycles. The summed E-state index contributed by atoms with van der Waals surface area (Å²) in [5.41, 5.74) is 4.56. The Morgan fingerprint density at radius 2 is 1.77 bits per heavy atom. The number of hydrogen-bond donors (Lipinski definition) is 1. The molecule has 1 N–H and O–H groups in total. The molecular formula is C17H20N2O2S. The number of anilines is 1. The number of aromatic nitrogens is 1. The van der Waals surface area contributed by atoms with Crippen molar-refractivity contribution in [2.75, 3.05) is 4.72 Å². The summed E-state index contributed by atoms with van der Waals surface area (Å²) in [6, 6.07) is 7.27. The van der Waals surface area contributed by atoms with Crippen LogP contribution < -0.4 is 4.72 Å². The Balaban J connectivity index is 1.96. The molecule has 0 radical (unpaired) electrons. The van der Waals surface area contributed by atoms with Gasteiger partial charge in [0.25, 0.3) is 10.0 Å². The number of benzene rings is 1. The Kier molecular flexibility index (Phi) is 3.91. The predicted molar refractivity (Wildman–Crippen MR) is 87.6 cm³/mol. The second kappa shape index (κ2) is 5.72. The molecule has 0 bridgehead atoms. The first-order valence-electron chi connectivity index (χ1n) is 7.54. The summed E-state index contributed by atoms with van der Waals surface area (Å²) >= 11 is 0. The Bertz CT molecular complexity index is 793. The van der Waals surface area contributed by atoms with Crippen molar-refractivity contribution < 1.29 is 8.42 Å². The van der Waals surface area contributed by atoms with Crippen molar-refractivity contribution in [3.05, 3.63) is 52.8 Å². The average molecular weight is 316 g/mol. The zero-order valence-electron chi connectivity index (χ0n) is 12.9. The molecule has 1 aromatic carbocycles. The lowest BCUT2D eigenvalue weighted by atomic mass is 9.92. The van der Waals surface area contributed by atoms with Gasteiger partial charge in [0.05, 0.1) is 16.3 Å². The summed E-state index contributed by atoms with van der Waals surface area (Å²) in [5, 5.41) is 0. The topological polar surface area (TPSA) is 59.1 Å². The third kappa shape index (κ3) is 2.86. The SMILES string of the molecule is Cc1ccnc(C)c1NS(=O)(=O)c1ccc2c(c1)CCCC2. The standard InChI is InChI=1S/C17H20N2O2S/c1-12-9-10-18-13(2)17(12)19-22(20,21)16-8-7-14-5-3-4-6-15(14)11-16/h7-11,19H,3-6H2,1-2H3. The van der Waals surface area contributed by atoms with Crippen molar-refractivity contribution >= 4 is 15.7 Å². The Morgan fingerprint density at radius 1 is 1.05 bits per heavy atom. The van der Waals surface area contributed by atoms with E-state index in [4.69, 9.17) is 0 Å². The van der Waals surface area contributed by atoms with E-state index in [0.717, 1.165) is 30.4 Å². The Labute approximate surface area is 131 Å². The van der Waals surface area contributed by atoms with Gasteiger partial charge in [0, 0.05) is 6.20 Å². The molecule has 5 heteroatoms. The molecule has 0 fully saturated rings. The molecule has 0 spiro atoms. The number of nitrogens with zero attached hydrogens (tertiary/aromatic N) is 1. The molecular weight excluding hydrogens is 296 g/mol. The molecule has 1 aliphatic carbocycles. The molecule has 0 saturated carbocycles. The van der Waals surface area contributed by atoms with Gasteiger partial charge in [-0.25, -0.2) is 8.42 Å². The molecule has 0 unspecified atom stereocenters. The van der Waals surface area contributed by atoms with Crippen molar-refractivity contribution in [3.63, 3.8) is 0 Å². The van der Waals surface area contributed by atoms with Gasteiger partial charge in [0.2, 0.25) is 0 Å². The molecule has 3 rings (SSSR count). The van der Waals surface area contributed by atoms with Gasteiger partial charge >= 0.3 is 0 Å². The summed E-state index contributed by atoms with van der Waals surface area (Å²) < 4.78 is 28.0. The number of hydrogen-bond acceptors (Lipinski definition) is 3. The van der Waals surface area contributed by atoms with E-state index in [1.165, 1.54) is 12.0 Å². The molecule has 0 amide bonds. The van der Waals surface area contributed by atoms with Crippen molar-refractivity contribution in [1.29, 1.82) is 0 Å². The number of aryl methyl sites for hydroxylation is 4. The fourth-order valence-corrected chi connectivity index (χ4v) is 4.16. The lowest BCUT2D eigenvalue weighted by Crippen LogP contribution is -2.16. The van der Waals surface area contributed by atoms with Crippen molar-refractivity contribution in [2.45, 2.75) is 44.4 Å². The van der Waals surface area contributed by atoms with E-state index < -0.39 is 10.0 Å². The summed E-state index contributed by atoms with van der Waals surface area (Å²) in [5.74, 6) is 0. The zero-order valence-corrected chi connectivity index (χ0v) is 13.7. The van der Waals surface area contributed by atoms with Gasteiger partial charge in [-0.2, -0.15) is 0 Å². The van der Waals surface area contributed by atoms with Crippen molar-refractivity contribution in [3.8, 4) is 0 Å². The van der Waals surface area contributed by atoms with E-state index in [1.54, 1.807) is 25.3 Å². The van der Waals surface area contributed by atoms with Crippen LogP contribution in [0.4, 0.5) is 5.69 Å². The molecule has 0 atom stereocenters. The van der Waals surface area contributed by atoms with Crippen LogP contribution in [-0.4, -0.2) is 13.4 Å². The molecule has 2 aromatic rings. The first-order valence-corrected chi connectivity index (χ1v) is 9.02. The van der Waals surface area contributed by atoms with Crippen molar-refractivity contribution in [1.82, 2.24) is 4.98 Å². The van der Waals surface area contributed by atoms with Crippen LogP contribution in [0.25, 0.3) is 0 Å². The molecule has 1 aliphatic rings. The number of nitrogens with one attached hydrogen (secondary N) is 1. The zero-order chi connectivity index (χ0) is 15.7. The molecule has 116 valence electrons. The Morgan fingerprint density at radius 3 is 2.50 bits per heavy atom. The average Bonchev–Trinajstić information content (AvgIpc) is 2.50. The molecule has 0 aliphatic heterocycles. The molecule has 4 nitrogen and oxygen atoms in total. The quantitative estimate of drug-likeness (QED) is 0.944. The maximum atomic E-state index is 12.7. The van der Waals surface area contributed by atoms with Crippen LogP contribution in [0.1, 0.15) is 35.2 Å². The molecule has 1 aromatic heterocycles. The van der Waals surface area contributed by atoms with E-state index in [0.29, 0.717) is 16.3 Å². The van der Waals surface area contributed by atoms with Gasteiger partial charge in [-0.3, -0.25) is 9.71 Å². The highest BCUT2D eigenvalue weighted by Gasteiger charge is 2.19. The minimum atomic E-state index is -3.58. The van der Waals surface area contributed by atoms with E-state index >= 15 is 0 Å². The van der Waals surface area contributed by atoms with E-state index in [2.05, 4.69) is 9.71 Å². The lowest BCUT2D eigenvalue weighted by Gasteiger charge is -2.17. The normalized spacial score (nSPS) is 14.5. The largest absolute Gasteiger partial charge is 0.278 e. The monoisotopic (exact) mass is 316 g/mol. The highest BCUT2D eigenvalue weighted by Crippen LogP contribution is 2.26. The van der Waals surface area contributed by atoms with Gasteiger partial charge in [-0.15, -0.1) is 0 Å². The second-order valence-corrected chi connectivity index (χ2v) is 7.51. The number of pyridine rings is 1. The lowest BCUT2D eigenvalue weighted by molar-refractivity contribution is 0.600. The summed E-state index contributed by atoms with van der Waals surface area (Å²) in [6.45, 7) is 3.68. The van der Waals surface area contributed by atoms with Crippen LogP contribution in [0, 0.1) is 13.8 Å². The van der Waals surface area contributed by atoms with Crippen LogP contribution >= 0.6 is 0 Å². The fraction of sp³-hybridized carbons (Fsp3) is 0.353. The van der Waals surface area contributed by atoms with Gasteiger partial charge in [0.1, 0.15) is 0 Å². The highest BCUT2D eigenvalue weighted by molar-refractivity contribution is 7.92. The van der Waals surface area contributed by atoms with Crippen LogP contribution in [0.2, 0.25) is 0 Å². The number of sulfonamides is 1. The third-order valence-corrected chi connectivity index (χ3v) is 5.56. The minimum absolute atomic E-state index is 0.329. The highest BCUT2D eigenvalue weighted by atomic mass is 32.2. The predicted octanol–water partition coefficient (Wildman–Crippen LogP) is 3.38. The summed E-state index contributed by atoms with van der Waals surface area (Å²) in [4.78, 5) is 4.49. The van der Waals surface area contributed by atoms with Gasteiger partial charge < -0.3 is 0 Å². The van der Waals surface area contributed by atoms with Crippen LogP contribution in [-0.2, 0) is 22.9 Å². The van der Waals surface area contributed by atoms with E-state index in [1.807, 2.05) is 19.1 Å². The first-order chi connectivity index (χ1) is 10.5. The van der Waals surface area contributed by atoms with Crippen molar-refractivity contribution in [2.24, 2.45) is 0 Å². The van der Waals surface area contributed by atoms with Crippen LogP contribution in [0.3, 0.4) is 0 Å². The molecule has 0 saturated heterocycles. The second-order valence-electron chi connectivity index (χ2n) is 5.83. The van der Waals surface area contributed by atoms with E-state index in [9.17, 15) is 8.42 Å². The molecule has 22 heavy (non-hydrogen) atoms. The van der Waals surface area contributed by atoms with E-state index in [-0.39, 0.29) is 0 Å². The van der Waals surface area contributed by atoms with Crippen LogP contribution in [0.15, 0.2) is 35.4 Å². The van der Waals surface area contributed by atoms with Gasteiger partial charge in [0.15, 0.2) is 0 Å². The number of fused-ring (bicyclic) bond motifs is 1. The van der Waals surface area contributed by atoms with Gasteiger partial charge in [-0.05, 0) is 74.4 Å². The van der Waals surface area contributed by atoms with Gasteiger partial charge in [-0.1, -0.05) is 6.07 Å².